The summed E-state index contributed by atoms with van der Waals surface area (Å²) in [6.45, 7) is 2.03. The van der Waals surface area contributed by atoms with Crippen molar-refractivity contribution in [3.05, 3.63) is 33.6 Å². The number of aromatic nitrogens is 2. The van der Waals surface area contributed by atoms with Crippen LogP contribution >= 0.6 is 11.3 Å². The Morgan fingerprint density at radius 2 is 2.47 bits per heavy atom. The van der Waals surface area contributed by atoms with Crippen LogP contribution < -0.4 is 0 Å². The highest BCUT2D eigenvalue weighted by molar-refractivity contribution is 7.10. The van der Waals surface area contributed by atoms with Crippen molar-refractivity contribution in [2.45, 2.75) is 51.0 Å². The quantitative estimate of drug-likeness (QED) is 0.930. The van der Waals surface area contributed by atoms with Crippen molar-refractivity contribution < 1.29 is 9.63 Å². The summed E-state index contributed by atoms with van der Waals surface area (Å²) in [5.41, 5.74) is 1.33. The van der Waals surface area contributed by atoms with Crippen LogP contribution in [0.3, 0.4) is 0 Å². The molecule has 2 heterocycles. The molecule has 0 bridgehead atoms. The maximum absolute atomic E-state index is 9.90. The molecular formula is C14H18N2O2S. The Morgan fingerprint density at radius 3 is 3.32 bits per heavy atom. The highest BCUT2D eigenvalue weighted by atomic mass is 32.1. The van der Waals surface area contributed by atoms with Crippen LogP contribution in [0.25, 0.3) is 0 Å². The van der Waals surface area contributed by atoms with Crippen LogP contribution in [0.2, 0.25) is 0 Å². The van der Waals surface area contributed by atoms with Gasteiger partial charge in [0.1, 0.15) is 6.10 Å². The number of aliphatic hydroxyl groups is 1. The van der Waals surface area contributed by atoms with E-state index in [2.05, 4.69) is 21.6 Å². The zero-order valence-electron chi connectivity index (χ0n) is 11.0. The second kappa shape index (κ2) is 5.43. The number of hydrogen-bond donors (Lipinski definition) is 1. The normalized spacial score (nSPS) is 20.2. The Hall–Kier alpha value is -1.20. The third kappa shape index (κ3) is 2.44. The Labute approximate surface area is 116 Å². The fraction of sp³-hybridized carbons (Fsp3) is 0.571. The molecule has 19 heavy (non-hydrogen) atoms. The lowest BCUT2D eigenvalue weighted by Crippen LogP contribution is -2.09. The van der Waals surface area contributed by atoms with E-state index in [0.29, 0.717) is 18.1 Å². The topological polar surface area (TPSA) is 59.2 Å². The van der Waals surface area contributed by atoms with E-state index < -0.39 is 6.10 Å². The average molecular weight is 278 g/mol. The Kier molecular flexibility index (Phi) is 3.66. The number of aliphatic hydroxyl groups excluding tert-OH is 1. The van der Waals surface area contributed by atoms with Gasteiger partial charge < -0.3 is 9.63 Å². The smallest absolute Gasteiger partial charge is 0.234 e. The molecule has 2 aromatic rings. The molecule has 0 saturated carbocycles. The molecule has 1 N–H and O–H groups in total. The van der Waals surface area contributed by atoms with Crippen molar-refractivity contribution in [2.75, 3.05) is 0 Å². The SMILES string of the molecule is CCCC(O)c1noc(C2CCCc3sccc32)n1. The molecule has 0 spiro atoms. The molecule has 0 aromatic carbocycles. The summed E-state index contributed by atoms with van der Waals surface area (Å²) >= 11 is 1.81. The van der Waals surface area contributed by atoms with Gasteiger partial charge in [0.05, 0.1) is 5.92 Å². The van der Waals surface area contributed by atoms with Gasteiger partial charge in [-0.25, -0.2) is 0 Å². The minimum atomic E-state index is -0.604. The Bertz CT molecular complexity index is 549. The molecule has 0 amide bonds. The van der Waals surface area contributed by atoms with Gasteiger partial charge in [0, 0.05) is 4.88 Å². The van der Waals surface area contributed by atoms with Gasteiger partial charge in [-0.05, 0) is 42.7 Å². The van der Waals surface area contributed by atoms with Crippen molar-refractivity contribution in [2.24, 2.45) is 0 Å². The predicted molar refractivity (Wildman–Crippen MR) is 73.3 cm³/mol. The fourth-order valence-corrected chi connectivity index (χ4v) is 3.66. The Balaban J connectivity index is 1.84. The van der Waals surface area contributed by atoms with Gasteiger partial charge >= 0.3 is 0 Å². The summed E-state index contributed by atoms with van der Waals surface area (Å²) in [7, 11) is 0. The van der Waals surface area contributed by atoms with Gasteiger partial charge in [-0.1, -0.05) is 18.5 Å². The summed E-state index contributed by atoms with van der Waals surface area (Å²) in [5.74, 6) is 1.30. The van der Waals surface area contributed by atoms with Gasteiger partial charge in [-0.3, -0.25) is 0 Å². The van der Waals surface area contributed by atoms with E-state index in [9.17, 15) is 5.11 Å². The minimum Gasteiger partial charge on any atom is -0.385 e. The summed E-state index contributed by atoms with van der Waals surface area (Å²) in [5, 5.41) is 16.0. The van der Waals surface area contributed by atoms with Crippen molar-refractivity contribution in [1.29, 1.82) is 0 Å². The van der Waals surface area contributed by atoms with Crippen LogP contribution in [0, 0.1) is 0 Å². The van der Waals surface area contributed by atoms with Crippen molar-refractivity contribution in [1.82, 2.24) is 10.1 Å². The number of hydrogen-bond acceptors (Lipinski definition) is 5. The first-order valence-corrected chi connectivity index (χ1v) is 7.75. The lowest BCUT2D eigenvalue weighted by atomic mass is 9.88. The van der Waals surface area contributed by atoms with Gasteiger partial charge in [0.25, 0.3) is 0 Å². The summed E-state index contributed by atoms with van der Waals surface area (Å²) in [6, 6.07) is 2.16. The fourth-order valence-electron chi connectivity index (χ4n) is 2.67. The van der Waals surface area contributed by atoms with Crippen LogP contribution in [0.15, 0.2) is 16.0 Å². The molecule has 1 aliphatic carbocycles. The second-order valence-electron chi connectivity index (χ2n) is 5.04. The van der Waals surface area contributed by atoms with Crippen molar-refractivity contribution in [3.63, 3.8) is 0 Å². The highest BCUT2D eigenvalue weighted by Crippen LogP contribution is 2.38. The second-order valence-corrected chi connectivity index (χ2v) is 6.04. The lowest BCUT2D eigenvalue weighted by molar-refractivity contribution is 0.152. The standard InChI is InChI=1S/C14H18N2O2S/c1-2-4-11(17)13-15-14(18-16-13)10-5-3-6-12-9(10)7-8-19-12/h7-8,10-11,17H,2-6H2,1H3. The third-order valence-electron chi connectivity index (χ3n) is 3.67. The first-order chi connectivity index (χ1) is 9.29. The van der Waals surface area contributed by atoms with E-state index in [-0.39, 0.29) is 5.92 Å². The van der Waals surface area contributed by atoms with Crippen molar-refractivity contribution in [3.8, 4) is 0 Å². The summed E-state index contributed by atoms with van der Waals surface area (Å²) in [6.07, 6.45) is 4.34. The molecule has 0 fully saturated rings. The molecule has 0 saturated heterocycles. The molecule has 2 unspecified atom stereocenters. The number of rotatable bonds is 4. The zero-order chi connectivity index (χ0) is 13.2. The van der Waals surface area contributed by atoms with E-state index in [0.717, 1.165) is 25.7 Å². The van der Waals surface area contributed by atoms with E-state index in [1.54, 1.807) is 11.3 Å². The Morgan fingerprint density at radius 1 is 1.58 bits per heavy atom. The number of aryl methyl sites for hydroxylation is 1. The summed E-state index contributed by atoms with van der Waals surface area (Å²) < 4.78 is 5.38. The molecule has 2 atom stereocenters. The van der Waals surface area contributed by atoms with Gasteiger partial charge in [-0.2, -0.15) is 4.98 Å². The van der Waals surface area contributed by atoms with E-state index in [4.69, 9.17) is 4.52 Å². The third-order valence-corrected chi connectivity index (χ3v) is 4.66. The monoisotopic (exact) mass is 278 g/mol. The molecule has 4 nitrogen and oxygen atoms in total. The lowest BCUT2D eigenvalue weighted by Gasteiger charge is -2.18. The minimum absolute atomic E-state index is 0.213. The van der Waals surface area contributed by atoms with Gasteiger partial charge in [-0.15, -0.1) is 11.3 Å². The van der Waals surface area contributed by atoms with Crippen LogP contribution in [0.4, 0.5) is 0 Å². The largest absolute Gasteiger partial charge is 0.385 e. The van der Waals surface area contributed by atoms with Crippen LogP contribution in [-0.4, -0.2) is 15.2 Å². The molecule has 3 rings (SSSR count). The molecule has 0 radical (unpaired) electrons. The summed E-state index contributed by atoms with van der Waals surface area (Å²) in [4.78, 5) is 5.84. The average Bonchev–Trinajstić information content (AvgIpc) is 3.07. The van der Waals surface area contributed by atoms with Crippen LogP contribution in [-0.2, 0) is 6.42 Å². The number of nitrogens with zero attached hydrogens (tertiary/aromatic N) is 2. The molecule has 1 aliphatic rings. The first-order valence-electron chi connectivity index (χ1n) is 6.87. The molecule has 5 heteroatoms. The maximum Gasteiger partial charge on any atom is 0.234 e. The predicted octanol–water partition coefficient (Wildman–Crippen LogP) is 3.43. The van der Waals surface area contributed by atoms with Gasteiger partial charge in [0.2, 0.25) is 5.89 Å². The molecule has 0 aliphatic heterocycles. The molecular weight excluding hydrogens is 260 g/mol. The zero-order valence-corrected chi connectivity index (χ0v) is 11.8. The molecule has 102 valence electrons. The first kappa shape index (κ1) is 12.8. The van der Waals surface area contributed by atoms with Crippen LogP contribution in [0.1, 0.15) is 66.8 Å². The number of thiophene rings is 1. The van der Waals surface area contributed by atoms with E-state index in [1.165, 1.54) is 10.4 Å². The molecule has 2 aromatic heterocycles. The maximum atomic E-state index is 9.90. The van der Waals surface area contributed by atoms with Crippen LogP contribution in [0.5, 0.6) is 0 Å². The van der Waals surface area contributed by atoms with Gasteiger partial charge in [0.15, 0.2) is 5.82 Å². The van der Waals surface area contributed by atoms with E-state index in [1.807, 2.05) is 6.92 Å². The van der Waals surface area contributed by atoms with E-state index >= 15 is 0 Å². The number of fused-ring (bicyclic) bond motifs is 1. The highest BCUT2D eigenvalue weighted by Gasteiger charge is 2.28. The van der Waals surface area contributed by atoms with Crippen molar-refractivity contribution >= 4 is 11.3 Å².